The van der Waals surface area contributed by atoms with Crippen molar-refractivity contribution < 1.29 is 23.8 Å². The van der Waals surface area contributed by atoms with Gasteiger partial charge in [0.25, 0.3) is 5.69 Å². The molecule has 0 fully saturated rings. The predicted molar refractivity (Wildman–Crippen MR) is 107 cm³/mol. The number of rotatable bonds is 6. The summed E-state index contributed by atoms with van der Waals surface area (Å²) in [6.07, 6.45) is 3.84. The lowest BCUT2D eigenvalue weighted by Gasteiger charge is -1.98. The molecule has 0 aliphatic carbocycles. The summed E-state index contributed by atoms with van der Waals surface area (Å²) in [6.45, 7) is 0. The minimum atomic E-state index is -0.545. The van der Waals surface area contributed by atoms with Crippen LogP contribution in [0.4, 0.5) is 0 Å². The van der Waals surface area contributed by atoms with Gasteiger partial charge in [0, 0.05) is 17.5 Å². The number of hydrogen-bond donors (Lipinski definition) is 0. The Morgan fingerprint density at radius 2 is 1.62 bits per heavy atom. The fourth-order valence-corrected chi connectivity index (χ4v) is 3.41. The molecule has 2 aromatic heterocycles. The van der Waals surface area contributed by atoms with Crippen LogP contribution in [0.1, 0.15) is 10.6 Å². The Balaban J connectivity index is 1.60. The molecule has 0 bridgehead atoms. The summed E-state index contributed by atoms with van der Waals surface area (Å²) in [4.78, 5) is 4.54. The molecule has 2 aromatic carbocycles. The molecule has 0 amide bonds. The van der Waals surface area contributed by atoms with Crippen molar-refractivity contribution in [3.05, 3.63) is 64.5 Å². The lowest BCUT2D eigenvalue weighted by atomic mass is 10.2. The van der Waals surface area contributed by atoms with Crippen LogP contribution in [-0.2, 0) is 0 Å². The van der Waals surface area contributed by atoms with Crippen molar-refractivity contribution in [3.8, 4) is 34.5 Å². The third-order valence-electron chi connectivity index (χ3n) is 4.23. The van der Waals surface area contributed by atoms with Crippen molar-refractivity contribution >= 4 is 23.5 Å². The van der Waals surface area contributed by atoms with Gasteiger partial charge in [-0.05, 0) is 40.6 Å². The molecule has 4 aromatic rings. The average Bonchev–Trinajstić information content (AvgIpc) is 3.39. The predicted octanol–water partition coefficient (Wildman–Crippen LogP) is 3.34. The van der Waals surface area contributed by atoms with Crippen LogP contribution in [0.15, 0.2) is 58.4 Å². The first-order valence-corrected chi connectivity index (χ1v) is 9.57. The third-order valence-corrected chi connectivity index (χ3v) is 5.04. The van der Waals surface area contributed by atoms with Crippen LogP contribution in [0.5, 0.6) is 17.4 Å². The van der Waals surface area contributed by atoms with Gasteiger partial charge in [0.2, 0.25) is 5.69 Å². The van der Waals surface area contributed by atoms with Gasteiger partial charge in [-0.25, -0.2) is 4.98 Å². The van der Waals surface area contributed by atoms with Crippen LogP contribution < -0.4 is 19.3 Å². The normalized spacial score (nSPS) is 11.1. The monoisotopic (exact) mass is 407 g/mol. The van der Waals surface area contributed by atoms with Crippen molar-refractivity contribution in [2.24, 2.45) is 0 Å². The van der Waals surface area contributed by atoms with Gasteiger partial charge in [0.1, 0.15) is 16.5 Å². The van der Waals surface area contributed by atoms with Gasteiger partial charge in [0.15, 0.2) is 11.6 Å². The van der Waals surface area contributed by atoms with Crippen LogP contribution in [-0.4, -0.2) is 24.5 Å². The molecular weight excluding hydrogens is 390 g/mol. The van der Waals surface area contributed by atoms with Gasteiger partial charge in [-0.2, -0.15) is 0 Å². The number of hydrogen-bond acceptors (Lipinski definition) is 7. The summed E-state index contributed by atoms with van der Waals surface area (Å²) in [7, 11) is 3.23. The van der Waals surface area contributed by atoms with Crippen molar-refractivity contribution in [3.63, 3.8) is 0 Å². The molecule has 4 rings (SSSR count). The molecule has 0 atom stereocenters. The Morgan fingerprint density at radius 1 is 0.966 bits per heavy atom. The Morgan fingerprint density at radius 3 is 2.28 bits per heavy atom. The van der Waals surface area contributed by atoms with Gasteiger partial charge in [0.05, 0.1) is 19.5 Å². The first kappa shape index (κ1) is 18.7. The molecule has 0 radical (unpaired) electrons. The van der Waals surface area contributed by atoms with Gasteiger partial charge in [-0.1, -0.05) is 18.2 Å². The molecule has 0 saturated heterocycles. The number of benzene rings is 2. The molecular formula is C21H17N3O4S. The molecule has 0 spiro atoms. The van der Waals surface area contributed by atoms with Crippen molar-refractivity contribution in [2.75, 3.05) is 14.2 Å². The highest BCUT2D eigenvalue weighted by atomic mass is 32.1. The molecule has 146 valence electrons. The number of thiazole rings is 1. The minimum Gasteiger partial charge on any atom is -0.539 e. The average molecular weight is 407 g/mol. The Kier molecular flexibility index (Phi) is 5.26. The maximum absolute atomic E-state index is 12.2. The van der Waals surface area contributed by atoms with Crippen LogP contribution in [0, 0.1) is 0 Å². The maximum atomic E-state index is 12.2. The highest BCUT2D eigenvalue weighted by molar-refractivity contribution is 7.10. The largest absolute Gasteiger partial charge is 0.539 e. The molecule has 0 aliphatic rings. The van der Waals surface area contributed by atoms with E-state index in [2.05, 4.69) is 10.3 Å². The first-order valence-electron chi connectivity index (χ1n) is 8.69. The summed E-state index contributed by atoms with van der Waals surface area (Å²) in [6, 6.07) is 14.9. The zero-order valence-corrected chi connectivity index (χ0v) is 16.6. The fraction of sp³-hybridized carbons (Fsp3) is 0.0952. The molecule has 29 heavy (non-hydrogen) atoms. The summed E-state index contributed by atoms with van der Waals surface area (Å²) in [5, 5.41) is 18.7. The van der Waals surface area contributed by atoms with Gasteiger partial charge >= 0.3 is 0 Å². The van der Waals surface area contributed by atoms with Crippen LogP contribution in [0.3, 0.4) is 0 Å². The lowest BCUT2D eigenvalue weighted by Crippen LogP contribution is -2.34. The quantitative estimate of drug-likeness (QED) is 0.456. The zero-order chi connectivity index (χ0) is 20.2. The standard InChI is InChI=1S/C21H17N3O4S/c1-26-16-8-3-14(4-9-16)5-12-19-22-18(13-29-19)20-21(25)28-23-24(20)15-6-10-17(27-2)11-7-15/h3-13H,1-2H3/b12-5+. The van der Waals surface area contributed by atoms with E-state index in [0.717, 1.165) is 16.3 Å². The van der Waals surface area contributed by atoms with Crippen LogP contribution in [0.25, 0.3) is 29.2 Å². The van der Waals surface area contributed by atoms with E-state index in [1.165, 1.54) is 16.0 Å². The van der Waals surface area contributed by atoms with Gasteiger partial charge in [-0.3, -0.25) is 0 Å². The topological polar surface area (TPSA) is 84.3 Å². The molecule has 0 unspecified atom stereocenters. The second-order valence-electron chi connectivity index (χ2n) is 6.00. The molecule has 7 nitrogen and oxygen atoms in total. The second-order valence-corrected chi connectivity index (χ2v) is 6.89. The summed E-state index contributed by atoms with van der Waals surface area (Å²) < 4.78 is 16.6. The van der Waals surface area contributed by atoms with Gasteiger partial charge < -0.3 is 19.1 Å². The maximum Gasteiger partial charge on any atom is 0.289 e. The number of nitrogens with zero attached hydrogens (tertiary/aromatic N) is 3. The fourth-order valence-electron chi connectivity index (χ4n) is 2.72. The van der Waals surface area contributed by atoms with Crippen LogP contribution in [0.2, 0.25) is 0 Å². The second kappa shape index (κ2) is 8.15. The van der Waals surface area contributed by atoms with Crippen molar-refractivity contribution in [2.45, 2.75) is 0 Å². The van der Waals surface area contributed by atoms with E-state index in [-0.39, 0.29) is 5.69 Å². The van der Waals surface area contributed by atoms with E-state index in [4.69, 9.17) is 14.0 Å². The Labute approximate surface area is 171 Å². The summed E-state index contributed by atoms with van der Waals surface area (Å²) >= 11 is 1.43. The highest BCUT2D eigenvalue weighted by Crippen LogP contribution is 2.27. The Bertz CT molecular complexity index is 1130. The molecule has 8 heteroatoms. The SMILES string of the molecule is COc1ccc(/C=C/c2nc(-c3c([O-])on[n+]3-c3ccc(OC)cc3)cs2)cc1. The van der Waals surface area contributed by atoms with E-state index < -0.39 is 5.95 Å². The molecule has 0 aliphatic heterocycles. The zero-order valence-electron chi connectivity index (χ0n) is 15.7. The minimum absolute atomic E-state index is 0.274. The van der Waals surface area contributed by atoms with Gasteiger partial charge in [-0.15, -0.1) is 11.3 Å². The molecule has 0 saturated carbocycles. The Hall–Kier alpha value is -3.65. The van der Waals surface area contributed by atoms with E-state index in [0.29, 0.717) is 17.1 Å². The molecule has 0 N–H and O–H groups in total. The van der Waals surface area contributed by atoms with Crippen LogP contribution >= 0.6 is 11.3 Å². The highest BCUT2D eigenvalue weighted by Gasteiger charge is 2.24. The van der Waals surface area contributed by atoms with E-state index in [9.17, 15) is 5.11 Å². The van der Waals surface area contributed by atoms with E-state index in [1.807, 2.05) is 41.8 Å². The third kappa shape index (κ3) is 3.97. The number of aromatic nitrogens is 3. The van der Waals surface area contributed by atoms with E-state index >= 15 is 0 Å². The summed E-state index contributed by atoms with van der Waals surface area (Å²) in [5.41, 5.74) is 2.47. The number of ether oxygens (including phenoxy) is 2. The summed E-state index contributed by atoms with van der Waals surface area (Å²) in [5.74, 6) is 0.968. The number of methoxy groups -OCH3 is 2. The van der Waals surface area contributed by atoms with E-state index in [1.54, 1.807) is 38.5 Å². The lowest BCUT2D eigenvalue weighted by molar-refractivity contribution is -0.660. The first-order chi connectivity index (χ1) is 14.2. The van der Waals surface area contributed by atoms with Crippen molar-refractivity contribution in [1.29, 1.82) is 0 Å². The smallest absolute Gasteiger partial charge is 0.289 e. The van der Waals surface area contributed by atoms with Crippen molar-refractivity contribution in [1.82, 2.24) is 10.3 Å². The molecule has 2 heterocycles.